The maximum atomic E-state index is 12.4. The van der Waals surface area contributed by atoms with Gasteiger partial charge in [0.25, 0.3) is 0 Å². The third-order valence-corrected chi connectivity index (χ3v) is 3.92. The van der Waals surface area contributed by atoms with E-state index in [0.717, 1.165) is 12.8 Å². The summed E-state index contributed by atoms with van der Waals surface area (Å²) < 4.78 is 0. The summed E-state index contributed by atoms with van der Waals surface area (Å²) in [6.45, 7) is 0.899. The summed E-state index contributed by atoms with van der Waals surface area (Å²) in [5.74, 6) is 0.182. The van der Waals surface area contributed by atoms with Gasteiger partial charge in [0.1, 0.15) is 0 Å². The SMILES string of the molecule is N#CCCN(CCC#N)C(=O)C1CC2CCC1N2. The molecule has 18 heavy (non-hydrogen) atoms. The highest BCUT2D eigenvalue weighted by Crippen LogP contribution is 2.34. The number of carbonyl (C=O) groups is 1. The van der Waals surface area contributed by atoms with Gasteiger partial charge in [-0.25, -0.2) is 0 Å². The smallest absolute Gasteiger partial charge is 0.227 e. The van der Waals surface area contributed by atoms with Crippen LogP contribution in [0.3, 0.4) is 0 Å². The zero-order chi connectivity index (χ0) is 13.0. The van der Waals surface area contributed by atoms with Crippen molar-refractivity contribution in [3.05, 3.63) is 0 Å². The molecule has 3 unspecified atom stereocenters. The van der Waals surface area contributed by atoms with Crippen LogP contribution < -0.4 is 5.32 Å². The number of hydrogen-bond donors (Lipinski definition) is 1. The normalized spacial score (nSPS) is 28.7. The minimum absolute atomic E-state index is 0.0566. The zero-order valence-electron chi connectivity index (χ0n) is 10.4. The molecular formula is C13H18N4O. The van der Waals surface area contributed by atoms with Crippen LogP contribution in [-0.2, 0) is 4.79 Å². The van der Waals surface area contributed by atoms with Crippen molar-refractivity contribution in [2.24, 2.45) is 5.92 Å². The average molecular weight is 246 g/mol. The maximum absolute atomic E-state index is 12.4. The average Bonchev–Trinajstić information content (AvgIpc) is 3.00. The van der Waals surface area contributed by atoms with E-state index in [1.54, 1.807) is 4.90 Å². The van der Waals surface area contributed by atoms with Crippen molar-refractivity contribution in [2.75, 3.05) is 13.1 Å². The second-order valence-corrected chi connectivity index (χ2v) is 5.03. The topological polar surface area (TPSA) is 79.9 Å². The number of nitrogens with zero attached hydrogens (tertiary/aromatic N) is 3. The Morgan fingerprint density at radius 3 is 2.33 bits per heavy atom. The lowest BCUT2D eigenvalue weighted by molar-refractivity contribution is -0.136. The van der Waals surface area contributed by atoms with Crippen LogP contribution in [0.2, 0.25) is 0 Å². The number of nitriles is 2. The lowest BCUT2D eigenvalue weighted by atomic mass is 9.88. The van der Waals surface area contributed by atoms with Crippen LogP contribution in [0.25, 0.3) is 0 Å². The first-order valence-corrected chi connectivity index (χ1v) is 6.55. The van der Waals surface area contributed by atoms with Crippen molar-refractivity contribution in [2.45, 2.75) is 44.2 Å². The molecular weight excluding hydrogens is 228 g/mol. The fourth-order valence-electron chi connectivity index (χ4n) is 3.03. The highest BCUT2D eigenvalue weighted by atomic mass is 16.2. The van der Waals surface area contributed by atoms with Crippen LogP contribution in [0.15, 0.2) is 0 Å². The van der Waals surface area contributed by atoms with Crippen molar-refractivity contribution in [3.63, 3.8) is 0 Å². The summed E-state index contributed by atoms with van der Waals surface area (Å²) in [7, 11) is 0. The predicted octanol–water partition coefficient (Wildman–Crippen LogP) is 0.783. The summed E-state index contributed by atoms with van der Waals surface area (Å²) in [5, 5.41) is 20.7. The molecule has 2 bridgehead atoms. The fraction of sp³-hybridized carbons (Fsp3) is 0.769. The van der Waals surface area contributed by atoms with Crippen molar-refractivity contribution >= 4 is 5.91 Å². The number of hydrogen-bond acceptors (Lipinski definition) is 4. The molecule has 2 fully saturated rings. The second kappa shape index (κ2) is 5.84. The molecule has 1 amide bonds. The van der Waals surface area contributed by atoms with Crippen molar-refractivity contribution in [1.29, 1.82) is 10.5 Å². The molecule has 2 aliphatic rings. The first-order valence-electron chi connectivity index (χ1n) is 6.55. The third kappa shape index (κ3) is 2.63. The van der Waals surface area contributed by atoms with Gasteiger partial charge >= 0.3 is 0 Å². The zero-order valence-corrected chi connectivity index (χ0v) is 10.4. The lowest BCUT2D eigenvalue weighted by Crippen LogP contribution is -2.41. The van der Waals surface area contributed by atoms with Gasteiger partial charge in [-0.15, -0.1) is 0 Å². The summed E-state index contributed by atoms with van der Waals surface area (Å²) in [4.78, 5) is 14.1. The first-order chi connectivity index (χ1) is 8.76. The Morgan fingerprint density at radius 2 is 1.89 bits per heavy atom. The van der Waals surface area contributed by atoms with E-state index in [1.807, 2.05) is 0 Å². The van der Waals surface area contributed by atoms with E-state index in [4.69, 9.17) is 10.5 Å². The highest BCUT2D eigenvalue weighted by Gasteiger charge is 2.43. The highest BCUT2D eigenvalue weighted by molar-refractivity contribution is 5.80. The van der Waals surface area contributed by atoms with E-state index in [-0.39, 0.29) is 11.8 Å². The Bertz CT molecular complexity index is 377. The summed E-state index contributed by atoms with van der Waals surface area (Å²) in [5.41, 5.74) is 0. The van der Waals surface area contributed by atoms with Crippen molar-refractivity contribution < 1.29 is 4.79 Å². The molecule has 2 aliphatic heterocycles. The van der Waals surface area contributed by atoms with E-state index in [0.29, 0.717) is 38.0 Å². The van der Waals surface area contributed by atoms with Gasteiger partial charge in [-0.05, 0) is 19.3 Å². The molecule has 2 rings (SSSR count). The van der Waals surface area contributed by atoms with E-state index >= 15 is 0 Å². The number of carbonyl (C=O) groups excluding carboxylic acids is 1. The molecule has 0 spiro atoms. The summed E-state index contributed by atoms with van der Waals surface area (Å²) in [6.07, 6.45) is 3.84. The molecule has 0 aromatic carbocycles. The van der Waals surface area contributed by atoms with Crippen molar-refractivity contribution in [3.8, 4) is 12.1 Å². The molecule has 5 nitrogen and oxygen atoms in total. The van der Waals surface area contributed by atoms with E-state index < -0.39 is 0 Å². The van der Waals surface area contributed by atoms with Gasteiger partial charge in [0.2, 0.25) is 5.91 Å². The minimum Gasteiger partial charge on any atom is -0.340 e. The van der Waals surface area contributed by atoms with Crippen molar-refractivity contribution in [1.82, 2.24) is 10.2 Å². The lowest BCUT2D eigenvalue weighted by Gasteiger charge is -2.27. The van der Waals surface area contributed by atoms with Crippen LogP contribution in [-0.4, -0.2) is 36.0 Å². The molecule has 1 N–H and O–H groups in total. The first kappa shape index (κ1) is 12.9. The van der Waals surface area contributed by atoms with Gasteiger partial charge in [0.15, 0.2) is 0 Å². The largest absolute Gasteiger partial charge is 0.340 e. The molecule has 3 atom stereocenters. The van der Waals surface area contributed by atoms with Gasteiger partial charge in [-0.2, -0.15) is 10.5 Å². The van der Waals surface area contributed by atoms with E-state index in [1.165, 1.54) is 6.42 Å². The fourth-order valence-corrected chi connectivity index (χ4v) is 3.03. The molecule has 5 heteroatoms. The summed E-state index contributed by atoms with van der Waals surface area (Å²) >= 11 is 0. The number of amides is 1. The number of fused-ring (bicyclic) bond motifs is 2. The van der Waals surface area contributed by atoms with Crippen LogP contribution in [0.4, 0.5) is 0 Å². The van der Waals surface area contributed by atoms with Crippen LogP contribution >= 0.6 is 0 Å². The monoisotopic (exact) mass is 246 g/mol. The Balaban J connectivity index is 1.94. The van der Waals surface area contributed by atoms with E-state index in [2.05, 4.69) is 17.5 Å². The molecule has 0 saturated carbocycles. The van der Waals surface area contributed by atoms with Crippen LogP contribution in [0, 0.1) is 28.6 Å². The molecule has 96 valence electrons. The number of rotatable bonds is 5. The van der Waals surface area contributed by atoms with Crippen LogP contribution in [0.5, 0.6) is 0 Å². The quantitative estimate of drug-likeness (QED) is 0.777. The van der Waals surface area contributed by atoms with Gasteiger partial charge in [0.05, 0.1) is 30.9 Å². The number of nitrogens with one attached hydrogen (secondary N) is 1. The van der Waals surface area contributed by atoms with Gasteiger partial charge < -0.3 is 10.2 Å². The second-order valence-electron chi connectivity index (χ2n) is 5.03. The summed E-state index contributed by atoms with van der Waals surface area (Å²) in [6, 6.07) is 4.94. The Kier molecular flexibility index (Phi) is 4.17. The van der Waals surface area contributed by atoms with Crippen LogP contribution in [0.1, 0.15) is 32.1 Å². The van der Waals surface area contributed by atoms with Gasteiger partial charge in [-0.1, -0.05) is 0 Å². The maximum Gasteiger partial charge on any atom is 0.227 e. The molecule has 0 aromatic rings. The molecule has 0 radical (unpaired) electrons. The van der Waals surface area contributed by atoms with Gasteiger partial charge in [-0.3, -0.25) is 4.79 Å². The van der Waals surface area contributed by atoms with Gasteiger partial charge in [0, 0.05) is 25.2 Å². The Morgan fingerprint density at radius 1 is 1.22 bits per heavy atom. The molecule has 2 heterocycles. The van der Waals surface area contributed by atoms with E-state index in [9.17, 15) is 4.79 Å². The Hall–Kier alpha value is -1.59. The Labute approximate surface area is 107 Å². The minimum atomic E-state index is 0.0566. The molecule has 0 aromatic heterocycles. The third-order valence-electron chi connectivity index (χ3n) is 3.92. The standard InChI is InChI=1S/C13H18N4O/c14-5-1-7-17(8-2-6-15)13(18)11-9-10-3-4-12(11)16-10/h10-12,16H,1-4,7-9H2. The molecule has 0 aliphatic carbocycles. The molecule has 2 saturated heterocycles. The predicted molar refractivity (Wildman–Crippen MR) is 65.1 cm³/mol.